The number of hydrogen-bond acceptors (Lipinski definition) is 7. The van der Waals surface area contributed by atoms with Gasteiger partial charge in [-0.2, -0.15) is 54.0 Å². The van der Waals surface area contributed by atoms with Crippen LogP contribution in [0.5, 0.6) is 0 Å². The van der Waals surface area contributed by atoms with Crippen LogP contribution in [0.15, 0.2) is 30.6 Å². The normalized spacial score (nSPS) is 24.2. The Bertz CT molecular complexity index is 1130. The van der Waals surface area contributed by atoms with E-state index >= 15 is 0 Å². The summed E-state index contributed by atoms with van der Waals surface area (Å²) in [6, 6.07) is 5.44. The Kier molecular flexibility index (Phi) is 13.2. The van der Waals surface area contributed by atoms with Crippen molar-refractivity contribution in [2.75, 3.05) is 13.2 Å². The summed E-state index contributed by atoms with van der Waals surface area (Å²) in [4.78, 5) is 41.3. The van der Waals surface area contributed by atoms with Gasteiger partial charge in [0.25, 0.3) is 5.91 Å². The molecule has 39 heavy (non-hydrogen) atoms. The topological polar surface area (TPSA) is 119 Å². The Hall–Kier alpha value is -1.45. The van der Waals surface area contributed by atoms with Crippen LogP contribution in [-0.2, 0) is 14.3 Å². The number of amides is 2. The number of fused-ring (bicyclic) bond motifs is 1. The molecule has 10 nitrogen and oxygen atoms in total. The monoisotopic (exact) mass is 636 g/mol. The minimum absolute atomic E-state index is 0. The molecule has 2 amide bonds. The van der Waals surface area contributed by atoms with Crippen molar-refractivity contribution in [2.45, 2.75) is 63.1 Å². The molecule has 2 aromatic rings. The maximum Gasteiger partial charge on any atom is 0.252 e. The molecule has 15 heteroatoms. The first-order chi connectivity index (χ1) is 16.7. The number of benzene rings is 1. The largest absolute Gasteiger partial charge is 0.366 e. The van der Waals surface area contributed by atoms with Crippen molar-refractivity contribution >= 4 is 83.2 Å². The summed E-state index contributed by atoms with van der Waals surface area (Å²) in [5.74, 6) is -0.810. The first kappa shape index (κ1) is 35.6. The molecule has 3 aliphatic rings. The molecule has 0 radical (unpaired) electrons. The zero-order valence-corrected chi connectivity index (χ0v) is 26.5. The standard InChI is InChI=1S/C24H29ClN6O4.4H2S/c1-24(2)8-6-14(7-9-24)19(23(34)30-11-17(25)21-20(30)18(32)12-35-21)27-22(33)15-4-3-5-16(10-15)31-13-26-28-29-31;;;;/h3-5,10,13-14,17,19-21H,6-9,11-12H2,1-2H3,(H,27,33);4*1H2/t17-,19+,20-,21-;;;;/m1..../s1. The molecular formula is C24H37ClN6O4S4. The number of nitrogens with zero attached hydrogens (tertiary/aromatic N) is 5. The fraction of sp³-hybridized carbons (Fsp3) is 0.583. The van der Waals surface area contributed by atoms with Crippen LogP contribution in [0, 0.1) is 11.3 Å². The molecule has 5 rings (SSSR count). The molecule has 1 N–H and O–H groups in total. The number of likely N-dealkylation sites (tertiary alicyclic amines) is 1. The molecule has 1 aromatic heterocycles. The lowest BCUT2D eigenvalue weighted by Crippen LogP contribution is -2.55. The van der Waals surface area contributed by atoms with Crippen LogP contribution in [0.4, 0.5) is 0 Å². The van der Waals surface area contributed by atoms with Gasteiger partial charge in [0.15, 0.2) is 5.78 Å². The van der Waals surface area contributed by atoms with E-state index < -0.39 is 23.6 Å². The zero-order chi connectivity index (χ0) is 24.7. The number of ketones is 1. The number of hydrogen-bond donors (Lipinski definition) is 1. The number of carbonyl (C=O) groups is 3. The van der Waals surface area contributed by atoms with Crippen molar-refractivity contribution < 1.29 is 19.1 Å². The summed E-state index contributed by atoms with van der Waals surface area (Å²) in [6.07, 6.45) is 4.48. The van der Waals surface area contributed by atoms with Crippen LogP contribution in [0.3, 0.4) is 0 Å². The van der Waals surface area contributed by atoms with E-state index in [1.807, 2.05) is 0 Å². The molecule has 0 spiro atoms. The van der Waals surface area contributed by atoms with Gasteiger partial charge >= 0.3 is 0 Å². The molecule has 4 atom stereocenters. The van der Waals surface area contributed by atoms with E-state index in [4.69, 9.17) is 16.3 Å². The predicted molar refractivity (Wildman–Crippen MR) is 168 cm³/mol. The third-order valence-corrected chi connectivity index (χ3v) is 7.92. The van der Waals surface area contributed by atoms with Gasteiger partial charge in [-0.25, -0.2) is 4.68 Å². The van der Waals surface area contributed by atoms with E-state index in [9.17, 15) is 14.4 Å². The third-order valence-electron chi connectivity index (χ3n) is 7.54. The highest BCUT2D eigenvalue weighted by Crippen LogP contribution is 2.40. The lowest BCUT2D eigenvalue weighted by molar-refractivity contribution is -0.139. The van der Waals surface area contributed by atoms with Crippen LogP contribution in [0.25, 0.3) is 5.69 Å². The van der Waals surface area contributed by atoms with Gasteiger partial charge < -0.3 is 15.0 Å². The summed E-state index contributed by atoms with van der Waals surface area (Å²) in [7, 11) is 0. The Labute approximate surface area is 261 Å². The lowest BCUT2D eigenvalue weighted by Gasteiger charge is -2.39. The average Bonchev–Trinajstić information content (AvgIpc) is 3.57. The highest BCUT2D eigenvalue weighted by molar-refractivity contribution is 7.59. The average molecular weight is 637 g/mol. The van der Waals surface area contributed by atoms with Crippen LogP contribution in [0.1, 0.15) is 49.9 Å². The second-order valence-electron chi connectivity index (χ2n) is 10.5. The van der Waals surface area contributed by atoms with Crippen LogP contribution < -0.4 is 5.32 Å². The van der Waals surface area contributed by atoms with Gasteiger partial charge in [0.2, 0.25) is 5.91 Å². The number of carbonyl (C=O) groups excluding carboxylic acids is 3. The first-order valence-electron chi connectivity index (χ1n) is 12.0. The quantitative estimate of drug-likeness (QED) is 0.500. The Morgan fingerprint density at radius 1 is 1.15 bits per heavy atom. The van der Waals surface area contributed by atoms with Crippen molar-refractivity contribution in [3.05, 3.63) is 36.2 Å². The van der Waals surface area contributed by atoms with Gasteiger partial charge in [0.1, 0.15) is 31.1 Å². The van der Waals surface area contributed by atoms with Gasteiger partial charge in [-0.3, -0.25) is 14.4 Å². The van der Waals surface area contributed by atoms with E-state index in [-0.39, 0.29) is 96.1 Å². The maximum absolute atomic E-state index is 13.9. The van der Waals surface area contributed by atoms with Gasteiger partial charge in [-0.05, 0) is 65.6 Å². The Balaban J connectivity index is 0.00000190. The minimum Gasteiger partial charge on any atom is -0.366 e. The van der Waals surface area contributed by atoms with Crippen molar-refractivity contribution in [1.82, 2.24) is 30.4 Å². The smallest absolute Gasteiger partial charge is 0.252 e. The molecule has 2 aliphatic heterocycles. The number of alkyl halides is 1. The van der Waals surface area contributed by atoms with Crippen LogP contribution in [0.2, 0.25) is 0 Å². The molecule has 0 unspecified atom stereocenters. The summed E-state index contributed by atoms with van der Waals surface area (Å²) in [5, 5.41) is 13.7. The summed E-state index contributed by atoms with van der Waals surface area (Å²) in [6.45, 7) is 4.63. The summed E-state index contributed by atoms with van der Waals surface area (Å²) < 4.78 is 7.01. The zero-order valence-electron chi connectivity index (χ0n) is 21.8. The van der Waals surface area contributed by atoms with E-state index in [1.165, 1.54) is 15.9 Å². The number of nitrogens with one attached hydrogen (secondary N) is 1. The second kappa shape index (κ2) is 14.4. The molecule has 1 aromatic carbocycles. The van der Waals surface area contributed by atoms with Gasteiger partial charge in [-0.1, -0.05) is 19.9 Å². The SMILES string of the molecule is CC1(C)CCC([C@H](NC(=O)c2cccc(-n3cnnn3)c2)C(=O)N2C[C@@H](Cl)[C@H]3OCC(=O)[C@H]32)CC1.S.S.S.S. The molecule has 218 valence electrons. The first-order valence-corrected chi connectivity index (χ1v) is 12.4. The molecule has 1 saturated carbocycles. The number of halogens is 1. The van der Waals surface area contributed by atoms with Crippen LogP contribution >= 0.6 is 65.6 Å². The number of ether oxygens (including phenoxy) is 1. The molecule has 3 fully saturated rings. The number of rotatable bonds is 5. The maximum atomic E-state index is 13.9. The van der Waals surface area contributed by atoms with Gasteiger partial charge in [-0.15, -0.1) is 16.7 Å². The highest BCUT2D eigenvalue weighted by atomic mass is 35.5. The van der Waals surface area contributed by atoms with Gasteiger partial charge in [0.05, 0.1) is 11.1 Å². The van der Waals surface area contributed by atoms with E-state index in [0.717, 1.165) is 25.7 Å². The Morgan fingerprint density at radius 2 is 1.85 bits per heavy atom. The van der Waals surface area contributed by atoms with E-state index in [2.05, 4.69) is 34.7 Å². The fourth-order valence-electron chi connectivity index (χ4n) is 5.43. The molecule has 0 bridgehead atoms. The number of tetrazole rings is 1. The van der Waals surface area contributed by atoms with Crippen molar-refractivity contribution in [3.8, 4) is 5.69 Å². The third kappa shape index (κ3) is 7.45. The molecule has 1 aliphatic carbocycles. The molecular weight excluding hydrogens is 600 g/mol. The van der Waals surface area contributed by atoms with Crippen LogP contribution in [-0.4, -0.2) is 79.4 Å². The minimum atomic E-state index is -0.758. The highest BCUT2D eigenvalue weighted by Gasteiger charge is 2.53. The van der Waals surface area contributed by atoms with E-state index in [1.54, 1.807) is 24.3 Å². The van der Waals surface area contributed by atoms with Crippen molar-refractivity contribution in [2.24, 2.45) is 11.3 Å². The fourth-order valence-corrected chi connectivity index (χ4v) is 5.79. The number of Topliss-reactive ketones (excluding diaryl/α,β-unsaturated/α-hetero) is 1. The van der Waals surface area contributed by atoms with E-state index in [0.29, 0.717) is 11.3 Å². The molecule has 3 heterocycles. The summed E-state index contributed by atoms with van der Waals surface area (Å²) >= 11 is 6.44. The predicted octanol–water partition coefficient (Wildman–Crippen LogP) is 2.21. The van der Waals surface area contributed by atoms with Crippen molar-refractivity contribution in [3.63, 3.8) is 0 Å². The van der Waals surface area contributed by atoms with Crippen molar-refractivity contribution in [1.29, 1.82) is 0 Å². The summed E-state index contributed by atoms with van der Waals surface area (Å²) in [5.41, 5.74) is 1.22. The Morgan fingerprint density at radius 3 is 2.49 bits per heavy atom. The second-order valence-corrected chi connectivity index (χ2v) is 11.0. The number of aromatic nitrogens is 4. The molecule has 2 saturated heterocycles. The lowest BCUT2D eigenvalue weighted by atomic mass is 9.71. The van der Waals surface area contributed by atoms with Gasteiger partial charge in [0, 0.05) is 12.1 Å².